The zero-order valence-electron chi connectivity index (χ0n) is 9.77. The third-order valence-corrected chi connectivity index (χ3v) is 5.18. The van der Waals surface area contributed by atoms with Crippen molar-refractivity contribution >= 4 is 60.7 Å². The van der Waals surface area contributed by atoms with Crippen LogP contribution in [-0.2, 0) is 10.0 Å². The molecule has 0 aliphatic rings. The van der Waals surface area contributed by atoms with Crippen LogP contribution in [0.2, 0.25) is 10.0 Å². The quantitative estimate of drug-likeness (QED) is 0.777. The molecule has 106 valence electrons. The molecular weight excluding hydrogens is 389 g/mol. The van der Waals surface area contributed by atoms with E-state index in [1.165, 1.54) is 18.3 Å². The van der Waals surface area contributed by atoms with Gasteiger partial charge in [-0.05, 0) is 40.2 Å². The van der Waals surface area contributed by atoms with Gasteiger partial charge in [-0.15, -0.1) is 0 Å². The first-order valence-corrected chi connectivity index (χ1v) is 8.22. The van der Waals surface area contributed by atoms with Crippen LogP contribution in [-0.4, -0.2) is 13.4 Å². The highest BCUT2D eigenvalue weighted by Crippen LogP contribution is 2.33. The van der Waals surface area contributed by atoms with Crippen molar-refractivity contribution in [2.45, 2.75) is 4.90 Å². The molecular formula is C11H8BrCl2N3O2S. The molecule has 20 heavy (non-hydrogen) atoms. The largest absolute Gasteiger partial charge is 0.399 e. The van der Waals surface area contributed by atoms with E-state index >= 15 is 0 Å². The van der Waals surface area contributed by atoms with E-state index in [-0.39, 0.29) is 26.4 Å². The second kappa shape index (κ2) is 5.77. The number of halogens is 3. The maximum absolute atomic E-state index is 12.3. The number of hydrogen-bond acceptors (Lipinski definition) is 4. The zero-order chi connectivity index (χ0) is 14.9. The number of nitrogen functional groups attached to an aromatic ring is 1. The molecule has 0 saturated carbocycles. The van der Waals surface area contributed by atoms with Crippen LogP contribution in [0.3, 0.4) is 0 Å². The molecule has 0 spiro atoms. The van der Waals surface area contributed by atoms with Gasteiger partial charge in [0.1, 0.15) is 4.90 Å². The Morgan fingerprint density at radius 3 is 2.40 bits per heavy atom. The van der Waals surface area contributed by atoms with Crippen molar-refractivity contribution in [1.82, 2.24) is 4.98 Å². The molecule has 9 heteroatoms. The van der Waals surface area contributed by atoms with Gasteiger partial charge in [-0.2, -0.15) is 0 Å². The van der Waals surface area contributed by atoms with Gasteiger partial charge in [0.05, 0.1) is 14.5 Å². The summed E-state index contributed by atoms with van der Waals surface area (Å²) in [7, 11) is -3.98. The summed E-state index contributed by atoms with van der Waals surface area (Å²) in [6.45, 7) is 0. The maximum Gasteiger partial charge on any atom is 0.266 e. The molecule has 0 aliphatic heterocycles. The second-order valence-electron chi connectivity index (χ2n) is 3.75. The lowest BCUT2D eigenvalue weighted by atomic mass is 10.3. The molecule has 5 nitrogen and oxygen atoms in total. The summed E-state index contributed by atoms with van der Waals surface area (Å²) in [6.07, 6.45) is 1.45. The van der Waals surface area contributed by atoms with Crippen molar-refractivity contribution in [1.29, 1.82) is 0 Å². The lowest BCUT2D eigenvalue weighted by Gasteiger charge is -2.11. The number of nitrogens with one attached hydrogen (secondary N) is 1. The van der Waals surface area contributed by atoms with E-state index in [0.717, 1.165) is 0 Å². The monoisotopic (exact) mass is 395 g/mol. The minimum Gasteiger partial charge on any atom is -0.399 e. The van der Waals surface area contributed by atoms with Crippen LogP contribution in [0, 0.1) is 0 Å². The standard InChI is InChI=1S/C11H8BrCl2N3O2S/c12-7-2-1-3-16-11(7)17-20(18,19)10-8(13)4-6(15)5-9(10)14/h1-5H,15H2,(H,16,17). The predicted octanol–water partition coefficient (Wildman–Crippen LogP) is 3.53. The smallest absolute Gasteiger partial charge is 0.266 e. The molecule has 1 aromatic heterocycles. The Bertz CT molecular complexity index is 745. The fourth-order valence-corrected chi connectivity index (χ4v) is 4.22. The summed E-state index contributed by atoms with van der Waals surface area (Å²) >= 11 is 15.0. The molecule has 0 radical (unpaired) electrons. The van der Waals surface area contributed by atoms with Crippen molar-refractivity contribution in [3.8, 4) is 0 Å². The van der Waals surface area contributed by atoms with Gasteiger partial charge in [0.25, 0.3) is 10.0 Å². The van der Waals surface area contributed by atoms with E-state index in [1.54, 1.807) is 12.1 Å². The molecule has 2 rings (SSSR count). The summed E-state index contributed by atoms with van der Waals surface area (Å²) in [5.41, 5.74) is 5.82. The Balaban J connectivity index is 2.50. The van der Waals surface area contributed by atoms with Crippen molar-refractivity contribution in [2.24, 2.45) is 0 Å². The summed E-state index contributed by atoms with van der Waals surface area (Å²) in [4.78, 5) is 3.67. The highest BCUT2D eigenvalue weighted by Gasteiger charge is 2.23. The van der Waals surface area contributed by atoms with Crippen LogP contribution >= 0.6 is 39.1 Å². The predicted molar refractivity (Wildman–Crippen MR) is 83.6 cm³/mol. The van der Waals surface area contributed by atoms with Crippen LogP contribution in [0.25, 0.3) is 0 Å². The van der Waals surface area contributed by atoms with E-state index in [9.17, 15) is 8.42 Å². The number of hydrogen-bond donors (Lipinski definition) is 2. The van der Waals surface area contributed by atoms with Gasteiger partial charge in [-0.1, -0.05) is 23.2 Å². The van der Waals surface area contributed by atoms with Crippen LogP contribution in [0.15, 0.2) is 39.8 Å². The number of anilines is 2. The number of aromatic nitrogens is 1. The van der Waals surface area contributed by atoms with Gasteiger partial charge < -0.3 is 5.73 Å². The number of pyridine rings is 1. The van der Waals surface area contributed by atoms with Crippen molar-refractivity contribution in [3.05, 3.63) is 45.0 Å². The van der Waals surface area contributed by atoms with Crippen LogP contribution in [0.4, 0.5) is 11.5 Å². The van der Waals surface area contributed by atoms with E-state index < -0.39 is 10.0 Å². The Kier molecular flexibility index (Phi) is 4.43. The number of rotatable bonds is 3. The molecule has 1 heterocycles. The summed E-state index contributed by atoms with van der Waals surface area (Å²) in [5.74, 6) is 0.136. The third-order valence-electron chi connectivity index (χ3n) is 2.28. The SMILES string of the molecule is Nc1cc(Cl)c(S(=O)(=O)Nc2ncccc2Br)c(Cl)c1. The first-order valence-electron chi connectivity index (χ1n) is 5.19. The van der Waals surface area contributed by atoms with Gasteiger partial charge in [0.2, 0.25) is 0 Å². The highest BCUT2D eigenvalue weighted by atomic mass is 79.9. The fraction of sp³-hybridized carbons (Fsp3) is 0. The number of benzene rings is 1. The number of nitrogens with two attached hydrogens (primary N) is 1. The molecule has 0 aliphatic carbocycles. The van der Waals surface area contributed by atoms with E-state index in [1.807, 2.05) is 0 Å². The molecule has 0 bridgehead atoms. The van der Waals surface area contributed by atoms with E-state index in [2.05, 4.69) is 25.6 Å². The molecule has 0 fully saturated rings. The highest BCUT2D eigenvalue weighted by molar-refractivity contribution is 9.10. The first-order chi connectivity index (χ1) is 9.31. The number of sulfonamides is 1. The molecule has 1 aromatic carbocycles. The van der Waals surface area contributed by atoms with Crippen LogP contribution < -0.4 is 10.5 Å². The summed E-state index contributed by atoms with van der Waals surface area (Å²) < 4.78 is 27.5. The average Bonchev–Trinajstić information content (AvgIpc) is 2.30. The number of nitrogens with zero attached hydrogens (tertiary/aromatic N) is 1. The van der Waals surface area contributed by atoms with Crippen molar-refractivity contribution in [2.75, 3.05) is 10.5 Å². The van der Waals surface area contributed by atoms with Gasteiger partial charge in [-0.3, -0.25) is 4.72 Å². The molecule has 0 amide bonds. The molecule has 0 saturated heterocycles. The fourth-order valence-electron chi connectivity index (χ4n) is 1.48. The molecule has 0 unspecified atom stereocenters. The second-order valence-corrected chi connectivity index (χ2v) is 7.04. The van der Waals surface area contributed by atoms with Crippen molar-refractivity contribution in [3.63, 3.8) is 0 Å². The third kappa shape index (κ3) is 3.17. The Morgan fingerprint density at radius 1 is 1.25 bits per heavy atom. The molecule has 0 atom stereocenters. The maximum atomic E-state index is 12.3. The van der Waals surface area contributed by atoms with Gasteiger partial charge >= 0.3 is 0 Å². The normalized spacial score (nSPS) is 11.3. The molecule has 3 N–H and O–H groups in total. The lowest BCUT2D eigenvalue weighted by molar-refractivity contribution is 0.601. The van der Waals surface area contributed by atoms with Gasteiger partial charge in [0.15, 0.2) is 5.82 Å². The van der Waals surface area contributed by atoms with Gasteiger partial charge in [-0.25, -0.2) is 13.4 Å². The summed E-state index contributed by atoms with van der Waals surface area (Å²) in [6, 6.07) is 5.94. The van der Waals surface area contributed by atoms with E-state index in [0.29, 0.717) is 4.47 Å². The minimum atomic E-state index is -3.98. The summed E-state index contributed by atoms with van der Waals surface area (Å²) in [5, 5.41) is -0.121. The molecule has 2 aromatic rings. The van der Waals surface area contributed by atoms with Crippen LogP contribution in [0.1, 0.15) is 0 Å². The topological polar surface area (TPSA) is 85.1 Å². The van der Waals surface area contributed by atoms with Gasteiger partial charge in [0, 0.05) is 11.9 Å². The zero-order valence-corrected chi connectivity index (χ0v) is 13.7. The van der Waals surface area contributed by atoms with Crippen molar-refractivity contribution < 1.29 is 8.42 Å². The lowest BCUT2D eigenvalue weighted by Crippen LogP contribution is -2.15. The van der Waals surface area contributed by atoms with E-state index in [4.69, 9.17) is 28.9 Å². The van der Waals surface area contributed by atoms with Crippen LogP contribution in [0.5, 0.6) is 0 Å². The Hall–Kier alpha value is -1.02. The average molecular weight is 397 g/mol. The first kappa shape index (κ1) is 15.4. The Morgan fingerprint density at radius 2 is 1.85 bits per heavy atom. The Labute approximate surface area is 134 Å². The minimum absolute atomic E-state index is 0.0606.